The highest BCUT2D eigenvalue weighted by molar-refractivity contribution is 5.94. The number of rotatable bonds is 8. The molecule has 9 heteroatoms. The third kappa shape index (κ3) is 6.06. The molecule has 1 aliphatic rings. The number of nitrogens with two attached hydrogens (primary N) is 1. The number of nitrogens with one attached hydrogen (secondary N) is 1. The lowest BCUT2D eigenvalue weighted by atomic mass is 9.89. The highest BCUT2D eigenvalue weighted by Crippen LogP contribution is 2.32. The number of aliphatic hydroxyl groups excluding tert-OH is 1. The number of aliphatic hydroxyl groups is 1. The fraction of sp³-hybridized carbons (Fsp3) is 0.545. The smallest absolute Gasteiger partial charge is 0.394 e. The van der Waals surface area contributed by atoms with Crippen molar-refractivity contribution < 1.29 is 23.0 Å². The van der Waals surface area contributed by atoms with Crippen molar-refractivity contribution in [3.63, 3.8) is 0 Å². The molecule has 6 nitrogen and oxygen atoms in total. The first kappa shape index (κ1) is 23.3. The van der Waals surface area contributed by atoms with Crippen LogP contribution in [0.1, 0.15) is 18.5 Å². The molecule has 3 rings (SSSR count). The molecule has 1 saturated heterocycles. The molecule has 0 bridgehead atoms. The van der Waals surface area contributed by atoms with Gasteiger partial charge in [-0.2, -0.15) is 13.2 Å². The van der Waals surface area contributed by atoms with Crippen molar-refractivity contribution >= 4 is 16.6 Å². The molecule has 0 saturated carbocycles. The van der Waals surface area contributed by atoms with Crippen molar-refractivity contribution in [3.05, 3.63) is 30.0 Å². The van der Waals surface area contributed by atoms with Crippen LogP contribution in [-0.4, -0.2) is 66.7 Å². The molecular formula is C22H29F3N4O2. The molecule has 2 heterocycles. The van der Waals surface area contributed by atoms with Gasteiger partial charge in [0, 0.05) is 36.3 Å². The summed E-state index contributed by atoms with van der Waals surface area (Å²) in [5.41, 5.74) is 6.79. The van der Waals surface area contributed by atoms with Crippen LogP contribution in [0.5, 0.6) is 0 Å². The number of halogens is 3. The maximum atomic E-state index is 13.2. The summed E-state index contributed by atoms with van der Waals surface area (Å²) in [5.74, 6) is 2.91. The molecular weight excluding hydrogens is 409 g/mol. The second kappa shape index (κ2) is 10.3. The molecule has 1 aliphatic heterocycles. The Labute approximate surface area is 180 Å². The lowest BCUT2D eigenvalue weighted by Gasteiger charge is -2.38. The zero-order valence-electron chi connectivity index (χ0n) is 17.6. The summed E-state index contributed by atoms with van der Waals surface area (Å²) in [6.45, 7) is 1.58. The first-order valence-electron chi connectivity index (χ1n) is 10.4. The van der Waals surface area contributed by atoms with Crippen LogP contribution in [0.4, 0.5) is 18.9 Å². The number of anilines is 1. The van der Waals surface area contributed by atoms with E-state index in [2.05, 4.69) is 29.2 Å². The van der Waals surface area contributed by atoms with E-state index < -0.39 is 12.7 Å². The molecule has 2 atom stereocenters. The summed E-state index contributed by atoms with van der Waals surface area (Å²) in [6, 6.07) is 9.36. The molecule has 0 aliphatic carbocycles. The van der Waals surface area contributed by atoms with Crippen molar-refractivity contribution in [1.82, 2.24) is 9.47 Å². The highest BCUT2D eigenvalue weighted by Gasteiger charge is 2.31. The van der Waals surface area contributed by atoms with Gasteiger partial charge in [0.2, 0.25) is 0 Å². The molecule has 4 N–H and O–H groups in total. The Kier molecular flexibility index (Phi) is 7.70. The van der Waals surface area contributed by atoms with Gasteiger partial charge >= 0.3 is 6.18 Å². The van der Waals surface area contributed by atoms with Crippen LogP contribution < -0.4 is 11.1 Å². The van der Waals surface area contributed by atoms with Crippen LogP contribution in [0.2, 0.25) is 0 Å². The number of ether oxygens (including phenoxy) is 1. The molecule has 0 amide bonds. The Bertz CT molecular complexity index is 932. The zero-order chi connectivity index (χ0) is 22.4. The molecule has 0 spiro atoms. The first-order valence-corrected chi connectivity index (χ1v) is 10.4. The van der Waals surface area contributed by atoms with Crippen LogP contribution in [0.15, 0.2) is 24.3 Å². The average molecular weight is 438 g/mol. The van der Waals surface area contributed by atoms with E-state index in [0.717, 1.165) is 36.2 Å². The van der Waals surface area contributed by atoms with Crippen LogP contribution in [0.3, 0.4) is 0 Å². The minimum atomic E-state index is -4.37. The number of benzene rings is 1. The van der Waals surface area contributed by atoms with Crippen molar-refractivity contribution in [1.29, 1.82) is 0 Å². The fourth-order valence-corrected chi connectivity index (χ4v) is 4.24. The van der Waals surface area contributed by atoms with E-state index in [0.29, 0.717) is 30.0 Å². The van der Waals surface area contributed by atoms with Gasteiger partial charge in [-0.25, -0.2) is 0 Å². The second-order valence-corrected chi connectivity index (χ2v) is 7.93. The summed E-state index contributed by atoms with van der Waals surface area (Å²) >= 11 is 0. The molecule has 31 heavy (non-hydrogen) atoms. The van der Waals surface area contributed by atoms with E-state index in [1.54, 1.807) is 18.2 Å². The minimum absolute atomic E-state index is 0.00279. The van der Waals surface area contributed by atoms with Crippen LogP contribution >= 0.6 is 0 Å². The fourth-order valence-electron chi connectivity index (χ4n) is 4.24. The monoisotopic (exact) mass is 438 g/mol. The lowest BCUT2D eigenvalue weighted by molar-refractivity contribution is -0.140. The number of hydrogen-bond donors (Lipinski definition) is 3. The van der Waals surface area contributed by atoms with Crippen molar-refractivity contribution in [3.8, 4) is 12.0 Å². The number of fused-ring (bicyclic) bond motifs is 1. The SMILES string of the molecule is CN1CCC(Nc2cccc3c2cc(C#CN)n3CC(F)(F)F)C(CCOCCO)C1. The van der Waals surface area contributed by atoms with Crippen molar-refractivity contribution in [2.75, 3.05) is 45.3 Å². The molecule has 2 aromatic rings. The number of hydrogen-bond acceptors (Lipinski definition) is 5. The highest BCUT2D eigenvalue weighted by atomic mass is 19.4. The normalized spacial score (nSPS) is 19.9. The van der Waals surface area contributed by atoms with Crippen LogP contribution in [-0.2, 0) is 11.3 Å². The summed E-state index contributed by atoms with van der Waals surface area (Å²) in [7, 11) is 2.08. The van der Waals surface area contributed by atoms with Gasteiger partial charge in [0.1, 0.15) is 6.54 Å². The maximum absolute atomic E-state index is 13.2. The summed E-state index contributed by atoms with van der Waals surface area (Å²) < 4.78 is 46.1. The summed E-state index contributed by atoms with van der Waals surface area (Å²) in [6.07, 6.45) is -2.62. The predicted octanol–water partition coefficient (Wildman–Crippen LogP) is 2.60. The Morgan fingerprint density at radius 1 is 1.32 bits per heavy atom. The molecule has 1 fully saturated rings. The van der Waals surface area contributed by atoms with E-state index in [4.69, 9.17) is 15.6 Å². The van der Waals surface area contributed by atoms with Crippen LogP contribution in [0.25, 0.3) is 10.9 Å². The van der Waals surface area contributed by atoms with Gasteiger partial charge in [-0.05, 0) is 56.5 Å². The summed E-state index contributed by atoms with van der Waals surface area (Å²) in [5, 5.41) is 13.2. The summed E-state index contributed by atoms with van der Waals surface area (Å²) in [4.78, 5) is 2.27. The second-order valence-electron chi connectivity index (χ2n) is 7.93. The van der Waals surface area contributed by atoms with Gasteiger partial charge in [-0.3, -0.25) is 0 Å². The van der Waals surface area contributed by atoms with E-state index in [1.807, 2.05) is 6.07 Å². The largest absolute Gasteiger partial charge is 0.406 e. The van der Waals surface area contributed by atoms with Gasteiger partial charge in [-0.15, -0.1) is 0 Å². The topological polar surface area (TPSA) is 75.7 Å². The number of alkyl halides is 3. The lowest BCUT2D eigenvalue weighted by Crippen LogP contribution is -2.45. The van der Waals surface area contributed by atoms with Gasteiger partial charge < -0.3 is 30.4 Å². The Hall–Kier alpha value is -2.41. The van der Waals surface area contributed by atoms with Crippen molar-refractivity contribution in [2.45, 2.75) is 31.6 Å². The quantitative estimate of drug-likeness (QED) is 0.336. The van der Waals surface area contributed by atoms with Gasteiger partial charge in [0.05, 0.1) is 24.4 Å². The van der Waals surface area contributed by atoms with Gasteiger partial charge in [0.25, 0.3) is 0 Å². The molecule has 2 unspecified atom stereocenters. The molecule has 1 aromatic carbocycles. The molecule has 170 valence electrons. The van der Waals surface area contributed by atoms with Crippen molar-refractivity contribution in [2.24, 2.45) is 11.7 Å². The van der Waals surface area contributed by atoms with E-state index in [-0.39, 0.29) is 18.3 Å². The first-order chi connectivity index (χ1) is 14.8. The number of likely N-dealkylation sites (tertiary alicyclic amines) is 1. The Morgan fingerprint density at radius 3 is 2.84 bits per heavy atom. The standard InChI is InChI=1S/C22H29F3N4O2/c1-28-9-6-19(16(14-28)7-11-31-12-10-30)27-20-3-2-4-21-18(20)13-17(5-8-26)29(21)15-22(23,24)25/h2-4,13,16,19,27,30H,6-7,9-12,14-15,26H2,1H3. The average Bonchev–Trinajstić information content (AvgIpc) is 3.04. The van der Waals surface area contributed by atoms with Gasteiger partial charge in [0.15, 0.2) is 0 Å². The number of piperidine rings is 1. The van der Waals surface area contributed by atoms with Crippen LogP contribution in [0, 0.1) is 17.9 Å². The predicted molar refractivity (Wildman–Crippen MR) is 115 cm³/mol. The third-order valence-corrected chi connectivity index (χ3v) is 5.63. The minimum Gasteiger partial charge on any atom is -0.394 e. The van der Waals surface area contributed by atoms with E-state index in [9.17, 15) is 13.2 Å². The molecule has 1 aromatic heterocycles. The molecule has 0 radical (unpaired) electrons. The Balaban J connectivity index is 1.87. The Morgan fingerprint density at radius 2 is 2.13 bits per heavy atom. The zero-order valence-corrected chi connectivity index (χ0v) is 17.6. The maximum Gasteiger partial charge on any atom is 0.406 e. The van der Waals surface area contributed by atoms with Gasteiger partial charge in [-0.1, -0.05) is 6.07 Å². The number of nitrogens with zero attached hydrogens (tertiary/aromatic N) is 2. The van der Waals surface area contributed by atoms with E-state index in [1.165, 1.54) is 0 Å². The third-order valence-electron chi connectivity index (χ3n) is 5.63. The number of aromatic nitrogens is 1. The van der Waals surface area contributed by atoms with E-state index >= 15 is 0 Å².